The molecule has 22 unspecified atom stereocenters. The van der Waals surface area contributed by atoms with Crippen LogP contribution in [0.25, 0.3) is 0 Å². The lowest BCUT2D eigenvalue weighted by Gasteiger charge is -2.36. The van der Waals surface area contributed by atoms with Crippen LogP contribution in [0, 0.1) is 56.7 Å². The van der Waals surface area contributed by atoms with Crippen molar-refractivity contribution in [3.8, 4) is 0 Å². The maximum Gasteiger partial charge on any atom is 0.434 e. The monoisotopic (exact) mass is 2090 g/mol. The summed E-state index contributed by atoms with van der Waals surface area (Å²) in [5, 5.41) is 0. The summed E-state index contributed by atoms with van der Waals surface area (Å²) >= 11 is 0. The summed E-state index contributed by atoms with van der Waals surface area (Å²) in [6.07, 6.45) is -79.0. The number of carbonyl (C=O) groups is 12. The molecule has 22 atom stereocenters. The molecule has 0 aromatic rings. The van der Waals surface area contributed by atoms with Crippen molar-refractivity contribution in [2.45, 2.75) is 394 Å². The summed E-state index contributed by atoms with van der Waals surface area (Å²) < 4.78 is 418. The Kier molecular flexibility index (Phi) is 30.6. The summed E-state index contributed by atoms with van der Waals surface area (Å²) in [5.41, 5.74) is -7.02. The van der Waals surface area contributed by atoms with Gasteiger partial charge < -0.3 is 99.5 Å². The van der Waals surface area contributed by atoms with Gasteiger partial charge in [-0.05, 0) is 132 Å². The van der Waals surface area contributed by atoms with E-state index >= 15 is 0 Å². The van der Waals surface area contributed by atoms with Crippen molar-refractivity contribution in [3.63, 3.8) is 0 Å². The number of alkyl halides is 24. The molecule has 5 aliphatic carbocycles. The normalized spacial score (nSPS) is 35.8. The quantitative estimate of drug-likeness (QED) is 0.0473. The smallest absolute Gasteiger partial charge is 0.434 e. The van der Waals surface area contributed by atoms with Crippen LogP contribution in [0.1, 0.15) is 199 Å². The summed E-state index contributed by atoms with van der Waals surface area (Å²) in [6.45, 7) is 18.0. The van der Waals surface area contributed by atoms with Crippen molar-refractivity contribution in [3.05, 3.63) is 0 Å². The fourth-order valence-corrected chi connectivity index (χ4v) is 18.5. The topological polar surface area (TPSA) is 399 Å². The van der Waals surface area contributed by atoms with Crippen LogP contribution >= 0.6 is 0 Å². The summed E-state index contributed by atoms with van der Waals surface area (Å²) in [7, 11) is 0. The highest BCUT2D eigenvalue weighted by molar-refractivity contribution is 6.03. The minimum absolute atomic E-state index is 0.0269. The van der Waals surface area contributed by atoms with Gasteiger partial charge in [0.05, 0.1) is 34.0 Å². The summed E-state index contributed by atoms with van der Waals surface area (Å²) in [6, 6.07) is 0. The number of rotatable bonds is 20. The third kappa shape index (κ3) is 22.2. The van der Waals surface area contributed by atoms with E-state index in [1.807, 2.05) is 6.92 Å². The van der Waals surface area contributed by atoms with E-state index in [0.29, 0.717) is 32.6 Å². The van der Waals surface area contributed by atoms with E-state index < -0.39 is 324 Å². The van der Waals surface area contributed by atoms with Crippen LogP contribution in [0.2, 0.25) is 0 Å². The first kappa shape index (κ1) is 111. The Morgan fingerprint density at radius 3 is 0.894 bits per heavy atom. The molecule has 0 amide bonds. The van der Waals surface area contributed by atoms with Gasteiger partial charge in [-0.25, -0.2) is 14.4 Å². The molecule has 0 N–H and O–H groups in total. The van der Waals surface area contributed by atoms with Gasteiger partial charge in [-0.3, -0.25) is 43.2 Å². The number of hydrogen-bond acceptors (Lipinski definition) is 33. The van der Waals surface area contributed by atoms with Crippen LogP contribution in [0.15, 0.2) is 0 Å². The van der Waals surface area contributed by atoms with Crippen molar-refractivity contribution < 1.29 is 262 Å². The zero-order valence-electron chi connectivity index (χ0n) is 76.3. The molecule has 0 radical (unpaired) electrons. The Morgan fingerprint density at radius 2 is 0.631 bits per heavy atom. The molecule has 2 bridgehead atoms. The standard InChI is InChI=1S/C22H23F9O9.2C22H26F6O9.C18H23F3O6/c1-3-18(2,22(29,30)31)17(34)37-11-9-10(35-14(11)33)12-15(36-9)40-19(39-12)6-4-8(5-7-19)13(32)38-16(20(23,24)25)21(26,27)28;2*1-4-19(2,3)18(31)34-12-10-11(32-15(12)30)13-16(33-10)37-20(36-13)7-5-9(6-8-20)14(29)35-17(21(23,24)25)22(26,27)28;1-5-16(3,4)13(22)26-11-9-6-10-12(11)27-15(24)17(10,7-9)14(23)25-8(2)18(19,20)21/h8-12,15-16H,3-7H2,1-2H3;2*9-13,16-17H,4-8H2,1-3H3;8-12H,5-7H2,1-4H3. The van der Waals surface area contributed by atoms with Crippen LogP contribution in [0.3, 0.4) is 0 Å². The van der Waals surface area contributed by atoms with Gasteiger partial charge in [0.1, 0.15) is 30.5 Å². The second-order valence-electron chi connectivity index (χ2n) is 38.9. The van der Waals surface area contributed by atoms with Crippen molar-refractivity contribution in [2.24, 2.45) is 56.7 Å². The van der Waals surface area contributed by atoms with Gasteiger partial charge in [0.2, 0.25) is 18.3 Å². The summed E-state index contributed by atoms with van der Waals surface area (Å²) in [4.78, 5) is 148. The lowest BCUT2D eigenvalue weighted by Crippen LogP contribution is -2.48. The van der Waals surface area contributed by atoms with Gasteiger partial charge in [0, 0.05) is 50.4 Å². The van der Waals surface area contributed by atoms with Crippen molar-refractivity contribution in [2.75, 3.05) is 0 Å². The SMILES string of the molecule is CCC(C)(C(=O)OC1C(=O)OC2C3OC4(CCC(C(=O)OC(C(F)(F)F)C(F)(F)F)CC4)OC3OC12)C(F)(F)F.CCC(C)(C)C(=O)OC1C(=O)OC2C3OC4(CCC(C(=O)OC(C(F)(F)F)C(F)(F)F)CC4)OC3OC12.CCC(C)(C)C(=O)OC1C(=O)OC2C3OC4(CCC(C(=O)OC(C(F)(F)F)C(F)(F)F)CC4)OC3OC12.CCC(C)(C)C(=O)OC1C2CC3C1OC(=O)C3(C(=O)OC(C)C(F)(F)F)C2. The van der Waals surface area contributed by atoms with Gasteiger partial charge >= 0.3 is 121 Å². The highest BCUT2D eigenvalue weighted by atomic mass is 19.4. The molecule has 5 saturated carbocycles. The average Bonchev–Trinajstić information content (AvgIpc) is 1.52. The van der Waals surface area contributed by atoms with Crippen molar-refractivity contribution >= 4 is 71.6 Å². The first-order valence-corrected chi connectivity index (χ1v) is 44.6. The minimum atomic E-state index is -5.86. The molecule has 15 rings (SSSR count). The first-order valence-electron chi connectivity index (χ1n) is 44.6. The number of carbonyl (C=O) groups excluding carboxylic acids is 12. The van der Waals surface area contributed by atoms with E-state index in [4.69, 9.17) is 80.5 Å². The Balaban J connectivity index is 0.000000169. The predicted octanol–water partition coefficient (Wildman–Crippen LogP) is 13.3. The van der Waals surface area contributed by atoms with Gasteiger partial charge in [-0.2, -0.15) is 105 Å². The molecule has 141 heavy (non-hydrogen) atoms. The van der Waals surface area contributed by atoms with Crippen LogP contribution in [-0.2, 0) is 157 Å². The largest absolute Gasteiger partial charge is 0.458 e. The Labute approximate surface area is 782 Å². The number of halogens is 24. The second-order valence-corrected chi connectivity index (χ2v) is 38.9. The fraction of sp³-hybridized carbons (Fsp3) is 0.857. The number of hydrogen-bond donors (Lipinski definition) is 0. The zero-order valence-corrected chi connectivity index (χ0v) is 76.3. The molecule has 33 nitrogen and oxygen atoms in total. The van der Waals surface area contributed by atoms with Crippen LogP contribution in [0.5, 0.6) is 0 Å². The lowest BCUT2D eigenvalue weighted by atomic mass is 9.73. The minimum Gasteiger partial charge on any atom is -0.458 e. The first-order chi connectivity index (χ1) is 64.5. The van der Waals surface area contributed by atoms with Gasteiger partial charge in [0.15, 0.2) is 89.8 Å². The van der Waals surface area contributed by atoms with Crippen molar-refractivity contribution in [1.29, 1.82) is 0 Å². The fourth-order valence-electron chi connectivity index (χ4n) is 18.5. The molecular weight excluding hydrogens is 1990 g/mol. The molecule has 10 heterocycles. The van der Waals surface area contributed by atoms with Gasteiger partial charge in [-0.15, -0.1) is 0 Å². The number of fused-ring (bicyclic) bond motifs is 10. The van der Waals surface area contributed by atoms with Gasteiger partial charge in [-0.1, -0.05) is 27.7 Å². The van der Waals surface area contributed by atoms with Crippen LogP contribution in [-0.4, -0.2) is 267 Å². The predicted molar refractivity (Wildman–Crippen MR) is 400 cm³/mol. The Morgan fingerprint density at radius 1 is 0.348 bits per heavy atom. The third-order valence-corrected chi connectivity index (χ3v) is 28.5. The van der Waals surface area contributed by atoms with E-state index in [1.54, 1.807) is 55.4 Å². The summed E-state index contributed by atoms with van der Waals surface area (Å²) in [5.74, 6) is -22.1. The van der Waals surface area contributed by atoms with Crippen LogP contribution in [0.4, 0.5) is 105 Å². The maximum absolute atomic E-state index is 13.4. The van der Waals surface area contributed by atoms with E-state index in [2.05, 4.69) is 18.9 Å². The average molecular weight is 2090 g/mol. The third-order valence-electron chi connectivity index (χ3n) is 28.5. The molecular formula is C84H98F24O33. The zero-order chi connectivity index (χ0) is 106. The highest BCUT2D eigenvalue weighted by Gasteiger charge is 2.78. The van der Waals surface area contributed by atoms with Crippen molar-refractivity contribution in [1.82, 2.24) is 0 Å². The molecule has 15 aliphatic rings. The molecule has 0 aromatic carbocycles. The molecule has 15 fully saturated rings. The van der Waals surface area contributed by atoms with Crippen LogP contribution < -0.4 is 0 Å². The Hall–Kier alpha value is -8.40. The van der Waals surface area contributed by atoms with Gasteiger partial charge in [0.25, 0.3) is 18.3 Å². The number of esters is 12. The second kappa shape index (κ2) is 38.8. The molecule has 57 heteroatoms. The molecule has 10 saturated heterocycles. The van der Waals surface area contributed by atoms with E-state index in [0.717, 1.165) is 13.8 Å². The van der Waals surface area contributed by atoms with E-state index in [1.165, 1.54) is 0 Å². The van der Waals surface area contributed by atoms with E-state index in [-0.39, 0.29) is 89.4 Å². The molecule has 800 valence electrons. The molecule has 0 aromatic heterocycles. The molecule has 10 aliphatic heterocycles. The maximum atomic E-state index is 13.4. The van der Waals surface area contributed by atoms with E-state index in [9.17, 15) is 163 Å². The number of ether oxygens (including phenoxy) is 21. The molecule has 3 spiro atoms. The Bertz CT molecular complexity index is 4490. The highest BCUT2D eigenvalue weighted by Crippen LogP contribution is 2.64. The lowest BCUT2D eigenvalue weighted by molar-refractivity contribution is -0.315.